The number of ether oxygens (including phenoxy) is 1. The summed E-state index contributed by atoms with van der Waals surface area (Å²) in [5, 5.41) is 0. The van der Waals surface area contributed by atoms with Gasteiger partial charge in [-0.1, -0.05) is 24.3 Å². The van der Waals surface area contributed by atoms with Gasteiger partial charge in [0.05, 0.1) is 6.10 Å². The molecule has 1 aromatic rings. The van der Waals surface area contributed by atoms with Gasteiger partial charge in [0.2, 0.25) is 0 Å². The first-order valence-electron chi connectivity index (χ1n) is 7.17. The number of hydrogen-bond acceptors (Lipinski definition) is 2. The third-order valence-electron chi connectivity index (χ3n) is 4.08. The molecule has 0 radical (unpaired) electrons. The van der Waals surface area contributed by atoms with Crippen LogP contribution < -0.4 is 5.73 Å². The Kier molecular flexibility index (Phi) is 4.79. The smallest absolute Gasteiger partial charge is 0.0697 e. The zero-order chi connectivity index (χ0) is 13.0. The maximum atomic E-state index is 6.27. The van der Waals surface area contributed by atoms with Crippen LogP contribution in [0, 0.1) is 0 Å². The van der Waals surface area contributed by atoms with Crippen LogP contribution in [0.15, 0.2) is 24.3 Å². The molecule has 0 fully saturated rings. The van der Waals surface area contributed by atoms with E-state index >= 15 is 0 Å². The third kappa shape index (κ3) is 3.12. The van der Waals surface area contributed by atoms with Crippen LogP contribution in [0.25, 0.3) is 0 Å². The largest absolute Gasteiger partial charge is 0.377 e. The van der Waals surface area contributed by atoms with Crippen LogP contribution in [0.5, 0.6) is 0 Å². The zero-order valence-electron chi connectivity index (χ0n) is 11.6. The van der Waals surface area contributed by atoms with Crippen molar-refractivity contribution in [3.05, 3.63) is 35.4 Å². The van der Waals surface area contributed by atoms with Gasteiger partial charge in [0.15, 0.2) is 0 Å². The first-order valence-corrected chi connectivity index (χ1v) is 7.17. The van der Waals surface area contributed by atoms with Crippen molar-refractivity contribution in [3.63, 3.8) is 0 Å². The Morgan fingerprint density at radius 3 is 2.94 bits per heavy atom. The summed E-state index contributed by atoms with van der Waals surface area (Å²) >= 11 is 0. The molecule has 18 heavy (non-hydrogen) atoms. The minimum atomic E-state index is 0.140. The Labute approximate surface area is 111 Å². The third-order valence-corrected chi connectivity index (χ3v) is 4.08. The molecule has 0 saturated heterocycles. The molecule has 3 atom stereocenters. The Morgan fingerprint density at radius 1 is 1.39 bits per heavy atom. The van der Waals surface area contributed by atoms with Gasteiger partial charge in [0.25, 0.3) is 0 Å². The molecular formula is C16H25NO. The summed E-state index contributed by atoms with van der Waals surface area (Å²) in [6.07, 6.45) is 4.98. The van der Waals surface area contributed by atoms with Crippen LogP contribution in [-0.2, 0) is 11.2 Å². The summed E-state index contributed by atoms with van der Waals surface area (Å²) < 4.78 is 5.61. The summed E-state index contributed by atoms with van der Waals surface area (Å²) in [4.78, 5) is 0. The van der Waals surface area contributed by atoms with Gasteiger partial charge < -0.3 is 10.5 Å². The van der Waals surface area contributed by atoms with Crippen LogP contribution in [0.1, 0.15) is 50.2 Å². The van der Waals surface area contributed by atoms with Crippen LogP contribution in [0.3, 0.4) is 0 Å². The second kappa shape index (κ2) is 6.35. The second-order valence-electron chi connectivity index (χ2n) is 5.35. The Bertz CT molecular complexity index is 377. The Hall–Kier alpha value is -0.860. The van der Waals surface area contributed by atoms with Gasteiger partial charge in [0.1, 0.15) is 0 Å². The fraction of sp³-hybridized carbons (Fsp3) is 0.625. The molecule has 0 bridgehead atoms. The fourth-order valence-electron chi connectivity index (χ4n) is 3.01. The lowest BCUT2D eigenvalue weighted by atomic mass is 9.79. The molecule has 1 aliphatic carbocycles. The van der Waals surface area contributed by atoms with Gasteiger partial charge in [-0.2, -0.15) is 0 Å². The fourth-order valence-corrected chi connectivity index (χ4v) is 3.01. The molecule has 0 aliphatic heterocycles. The van der Waals surface area contributed by atoms with Crippen LogP contribution in [-0.4, -0.2) is 18.8 Å². The lowest BCUT2D eigenvalue weighted by Crippen LogP contribution is -2.36. The van der Waals surface area contributed by atoms with Crippen molar-refractivity contribution >= 4 is 0 Å². The Balaban J connectivity index is 2.02. The van der Waals surface area contributed by atoms with Crippen molar-refractivity contribution in [1.82, 2.24) is 0 Å². The zero-order valence-corrected chi connectivity index (χ0v) is 11.6. The van der Waals surface area contributed by atoms with Gasteiger partial charge >= 0.3 is 0 Å². The van der Waals surface area contributed by atoms with Crippen molar-refractivity contribution < 1.29 is 4.74 Å². The Morgan fingerprint density at radius 2 is 2.17 bits per heavy atom. The predicted molar refractivity (Wildman–Crippen MR) is 75.8 cm³/mol. The topological polar surface area (TPSA) is 35.2 Å². The average molecular weight is 247 g/mol. The van der Waals surface area contributed by atoms with Gasteiger partial charge in [-0.25, -0.2) is 0 Å². The van der Waals surface area contributed by atoms with E-state index in [1.165, 1.54) is 30.4 Å². The highest BCUT2D eigenvalue weighted by Gasteiger charge is 2.24. The SMILES string of the molecule is CCOC(C)C(N)CC1CCCc2ccccc21. The maximum absolute atomic E-state index is 6.27. The number of rotatable bonds is 5. The quantitative estimate of drug-likeness (QED) is 0.867. The van der Waals surface area contributed by atoms with Gasteiger partial charge in [-0.3, -0.25) is 0 Å². The van der Waals surface area contributed by atoms with E-state index in [2.05, 4.69) is 31.2 Å². The monoisotopic (exact) mass is 247 g/mol. The molecule has 2 N–H and O–H groups in total. The van der Waals surface area contributed by atoms with Crippen LogP contribution in [0.2, 0.25) is 0 Å². The van der Waals surface area contributed by atoms with Gasteiger partial charge in [0, 0.05) is 12.6 Å². The normalized spacial score (nSPS) is 22.3. The van der Waals surface area contributed by atoms with E-state index in [9.17, 15) is 0 Å². The number of aryl methyl sites for hydroxylation is 1. The van der Waals surface area contributed by atoms with E-state index in [4.69, 9.17) is 10.5 Å². The lowest BCUT2D eigenvalue weighted by Gasteiger charge is -2.29. The van der Waals surface area contributed by atoms with E-state index in [0.717, 1.165) is 13.0 Å². The number of fused-ring (bicyclic) bond motifs is 1. The maximum Gasteiger partial charge on any atom is 0.0697 e. The standard InChI is InChI=1S/C16H25NO/c1-3-18-12(2)16(17)11-14-9-6-8-13-7-4-5-10-15(13)14/h4-5,7,10,12,14,16H,3,6,8-9,11,17H2,1-2H3. The predicted octanol–water partition coefficient (Wildman–Crippen LogP) is 3.25. The van der Waals surface area contributed by atoms with Crippen LogP contribution >= 0.6 is 0 Å². The van der Waals surface area contributed by atoms with E-state index in [1.807, 2.05) is 6.92 Å². The van der Waals surface area contributed by atoms with Crippen molar-refractivity contribution in [1.29, 1.82) is 0 Å². The first kappa shape index (κ1) is 13.6. The average Bonchev–Trinajstić information content (AvgIpc) is 2.39. The summed E-state index contributed by atoms with van der Waals surface area (Å²) in [7, 11) is 0. The van der Waals surface area contributed by atoms with Crippen molar-refractivity contribution in [3.8, 4) is 0 Å². The molecule has 3 unspecified atom stereocenters. The molecule has 0 saturated carbocycles. The molecule has 0 amide bonds. The molecule has 0 aromatic heterocycles. The van der Waals surface area contributed by atoms with Crippen molar-refractivity contribution in [2.24, 2.45) is 5.73 Å². The lowest BCUT2D eigenvalue weighted by molar-refractivity contribution is 0.0533. The van der Waals surface area contributed by atoms with E-state index < -0.39 is 0 Å². The van der Waals surface area contributed by atoms with Gasteiger partial charge in [-0.05, 0) is 56.6 Å². The summed E-state index contributed by atoms with van der Waals surface area (Å²) in [6.45, 7) is 4.86. The molecule has 1 aromatic carbocycles. The van der Waals surface area contributed by atoms with E-state index in [0.29, 0.717) is 5.92 Å². The molecule has 2 nitrogen and oxygen atoms in total. The summed E-state index contributed by atoms with van der Waals surface area (Å²) in [5.74, 6) is 0.618. The number of hydrogen-bond donors (Lipinski definition) is 1. The molecule has 100 valence electrons. The molecular weight excluding hydrogens is 222 g/mol. The first-order chi connectivity index (χ1) is 8.72. The van der Waals surface area contributed by atoms with E-state index in [-0.39, 0.29) is 12.1 Å². The summed E-state index contributed by atoms with van der Waals surface area (Å²) in [5.41, 5.74) is 9.30. The van der Waals surface area contributed by atoms with Crippen molar-refractivity contribution in [2.45, 2.75) is 57.6 Å². The highest BCUT2D eigenvalue weighted by molar-refractivity contribution is 5.32. The summed E-state index contributed by atoms with van der Waals surface area (Å²) in [6, 6.07) is 8.97. The highest BCUT2D eigenvalue weighted by atomic mass is 16.5. The number of benzene rings is 1. The minimum absolute atomic E-state index is 0.140. The van der Waals surface area contributed by atoms with Gasteiger partial charge in [-0.15, -0.1) is 0 Å². The molecule has 2 heteroatoms. The molecule has 1 aliphatic rings. The van der Waals surface area contributed by atoms with E-state index in [1.54, 1.807) is 0 Å². The molecule has 0 spiro atoms. The van der Waals surface area contributed by atoms with Crippen molar-refractivity contribution in [2.75, 3.05) is 6.61 Å². The van der Waals surface area contributed by atoms with Crippen LogP contribution in [0.4, 0.5) is 0 Å². The second-order valence-corrected chi connectivity index (χ2v) is 5.35. The number of nitrogens with two attached hydrogens (primary N) is 1. The molecule has 2 rings (SSSR count). The molecule has 0 heterocycles. The highest BCUT2D eigenvalue weighted by Crippen LogP contribution is 2.34. The minimum Gasteiger partial charge on any atom is -0.377 e.